The molecule has 2 aliphatic heterocycles. The number of hydrogen-bond donors (Lipinski definition) is 0. The number of anilines is 2. The van der Waals surface area contributed by atoms with Crippen molar-refractivity contribution in [2.75, 3.05) is 36.0 Å². The van der Waals surface area contributed by atoms with E-state index >= 15 is 0 Å². The predicted molar refractivity (Wildman–Crippen MR) is 89.5 cm³/mol. The molecule has 0 N–H and O–H groups in total. The highest BCUT2D eigenvalue weighted by Crippen LogP contribution is 2.50. The molecule has 4 nitrogen and oxygen atoms in total. The third-order valence-corrected chi connectivity index (χ3v) is 5.28. The van der Waals surface area contributed by atoms with Crippen LogP contribution in [0.25, 0.3) is 0 Å². The molecule has 0 saturated carbocycles. The molecule has 3 heterocycles. The number of benzene rings is 1. The fourth-order valence-electron chi connectivity index (χ4n) is 3.89. The third-order valence-electron chi connectivity index (χ3n) is 5.28. The van der Waals surface area contributed by atoms with Crippen molar-refractivity contribution >= 4 is 11.6 Å². The number of hydrogen-bond acceptors (Lipinski definition) is 4. The number of aromatic nitrogens is 2. The van der Waals surface area contributed by atoms with Crippen molar-refractivity contribution in [1.29, 1.82) is 0 Å². The second kappa shape index (κ2) is 5.69. The first-order valence-corrected chi connectivity index (χ1v) is 8.30. The lowest BCUT2D eigenvalue weighted by Crippen LogP contribution is -2.57. The number of alkyl halides is 2. The third kappa shape index (κ3) is 2.50. The molecule has 2 saturated heterocycles. The minimum atomic E-state index is -2.66. The summed E-state index contributed by atoms with van der Waals surface area (Å²) in [6.45, 7) is 1.63. The summed E-state index contributed by atoms with van der Waals surface area (Å²) in [4.78, 5) is 12.4. The van der Waals surface area contributed by atoms with Crippen LogP contribution in [0.15, 0.2) is 48.8 Å². The second-order valence-corrected chi connectivity index (χ2v) is 6.71. The summed E-state index contributed by atoms with van der Waals surface area (Å²) in [6, 6.07) is 11.6. The maximum Gasteiger partial charge on any atom is 0.258 e. The standard InChI is InChI=1S/C18H20F2N4/c19-18(20)8-12-23(15-5-2-1-3-6-15)13-17(18)7-11-24(14-17)16-21-9-4-10-22-16/h1-6,9-10H,7-8,11-14H2/t17-/m0/s1. The Balaban J connectivity index is 1.60. The summed E-state index contributed by atoms with van der Waals surface area (Å²) >= 11 is 0. The average Bonchev–Trinajstić information content (AvgIpc) is 3.05. The van der Waals surface area contributed by atoms with Gasteiger partial charge in [0.1, 0.15) is 0 Å². The molecular weight excluding hydrogens is 310 g/mol. The van der Waals surface area contributed by atoms with E-state index in [-0.39, 0.29) is 6.42 Å². The lowest BCUT2D eigenvalue weighted by Gasteiger charge is -2.46. The molecule has 2 aromatic rings. The van der Waals surface area contributed by atoms with Gasteiger partial charge in [-0.15, -0.1) is 0 Å². The molecule has 2 fully saturated rings. The van der Waals surface area contributed by atoms with Crippen molar-refractivity contribution in [3.63, 3.8) is 0 Å². The summed E-state index contributed by atoms with van der Waals surface area (Å²) in [7, 11) is 0. The van der Waals surface area contributed by atoms with E-state index < -0.39 is 11.3 Å². The van der Waals surface area contributed by atoms with Crippen LogP contribution in [-0.4, -0.2) is 42.1 Å². The fourth-order valence-corrected chi connectivity index (χ4v) is 3.89. The maximum atomic E-state index is 14.8. The predicted octanol–water partition coefficient (Wildman–Crippen LogP) is 3.22. The minimum absolute atomic E-state index is 0.106. The van der Waals surface area contributed by atoms with Crippen molar-refractivity contribution in [2.45, 2.75) is 18.8 Å². The second-order valence-electron chi connectivity index (χ2n) is 6.71. The molecule has 1 spiro atoms. The molecule has 6 heteroatoms. The van der Waals surface area contributed by atoms with Gasteiger partial charge in [0.05, 0.1) is 5.41 Å². The van der Waals surface area contributed by atoms with E-state index in [1.54, 1.807) is 18.5 Å². The molecular formula is C18H20F2N4. The lowest BCUT2D eigenvalue weighted by atomic mass is 9.75. The van der Waals surface area contributed by atoms with Crippen LogP contribution >= 0.6 is 0 Å². The van der Waals surface area contributed by atoms with Gasteiger partial charge in [-0.3, -0.25) is 0 Å². The monoisotopic (exact) mass is 330 g/mol. The first kappa shape index (κ1) is 15.3. The number of para-hydroxylation sites is 1. The van der Waals surface area contributed by atoms with Crippen LogP contribution in [0.2, 0.25) is 0 Å². The van der Waals surface area contributed by atoms with Gasteiger partial charge in [-0.2, -0.15) is 0 Å². The molecule has 1 atom stereocenters. The van der Waals surface area contributed by atoms with E-state index in [1.165, 1.54) is 0 Å². The van der Waals surface area contributed by atoms with Crippen molar-refractivity contribution in [3.05, 3.63) is 48.8 Å². The van der Waals surface area contributed by atoms with Crippen LogP contribution in [0, 0.1) is 5.41 Å². The summed E-state index contributed by atoms with van der Waals surface area (Å²) in [5, 5.41) is 0. The Hall–Kier alpha value is -2.24. The Morgan fingerprint density at radius 2 is 1.50 bits per heavy atom. The van der Waals surface area contributed by atoms with Gasteiger partial charge >= 0.3 is 0 Å². The zero-order valence-corrected chi connectivity index (χ0v) is 13.4. The summed E-state index contributed by atoms with van der Waals surface area (Å²) in [5.74, 6) is -2.12. The molecule has 1 aromatic heterocycles. The Morgan fingerprint density at radius 1 is 0.833 bits per heavy atom. The zero-order valence-electron chi connectivity index (χ0n) is 13.4. The van der Waals surface area contributed by atoms with Crippen molar-refractivity contribution in [3.8, 4) is 0 Å². The number of halogens is 2. The highest BCUT2D eigenvalue weighted by molar-refractivity contribution is 5.48. The van der Waals surface area contributed by atoms with E-state index in [0.717, 1.165) is 5.69 Å². The van der Waals surface area contributed by atoms with Crippen molar-refractivity contribution in [2.24, 2.45) is 5.41 Å². The topological polar surface area (TPSA) is 32.3 Å². The molecule has 0 radical (unpaired) electrons. The first-order chi connectivity index (χ1) is 11.6. The first-order valence-electron chi connectivity index (χ1n) is 8.30. The van der Waals surface area contributed by atoms with Gasteiger partial charge < -0.3 is 9.80 Å². The smallest absolute Gasteiger partial charge is 0.258 e. The van der Waals surface area contributed by atoms with Crippen LogP contribution in [0.1, 0.15) is 12.8 Å². The molecule has 0 aliphatic carbocycles. The van der Waals surface area contributed by atoms with Gasteiger partial charge in [0.15, 0.2) is 0 Å². The Kier molecular flexibility index (Phi) is 3.62. The molecule has 0 unspecified atom stereocenters. The van der Waals surface area contributed by atoms with Crippen molar-refractivity contribution < 1.29 is 8.78 Å². The highest BCUT2D eigenvalue weighted by atomic mass is 19.3. The van der Waals surface area contributed by atoms with E-state index in [4.69, 9.17) is 0 Å². The minimum Gasteiger partial charge on any atom is -0.370 e. The van der Waals surface area contributed by atoms with Gasteiger partial charge in [-0.1, -0.05) is 18.2 Å². The quantitative estimate of drug-likeness (QED) is 0.846. The number of rotatable bonds is 2. The van der Waals surface area contributed by atoms with Gasteiger partial charge in [0.25, 0.3) is 5.92 Å². The van der Waals surface area contributed by atoms with Gasteiger partial charge in [-0.25, -0.2) is 18.7 Å². The van der Waals surface area contributed by atoms with Gasteiger partial charge in [-0.05, 0) is 24.6 Å². The summed E-state index contributed by atoms with van der Waals surface area (Å²) in [6.07, 6.45) is 3.66. The Bertz CT molecular complexity index is 695. The molecule has 2 aliphatic rings. The Morgan fingerprint density at radius 3 is 2.25 bits per heavy atom. The van der Waals surface area contributed by atoms with Crippen LogP contribution in [0.5, 0.6) is 0 Å². The lowest BCUT2D eigenvalue weighted by molar-refractivity contribution is -0.124. The van der Waals surface area contributed by atoms with E-state index in [9.17, 15) is 8.78 Å². The maximum absolute atomic E-state index is 14.8. The molecule has 4 rings (SSSR count). The Labute approximate surface area is 140 Å². The zero-order chi connectivity index (χ0) is 16.6. The largest absolute Gasteiger partial charge is 0.370 e. The number of piperidine rings is 1. The molecule has 126 valence electrons. The van der Waals surface area contributed by atoms with Crippen molar-refractivity contribution in [1.82, 2.24) is 9.97 Å². The normalized spacial score (nSPS) is 26.1. The summed E-state index contributed by atoms with van der Waals surface area (Å²) in [5.41, 5.74) is -0.0258. The fraction of sp³-hybridized carbons (Fsp3) is 0.444. The summed E-state index contributed by atoms with van der Waals surface area (Å²) < 4.78 is 29.7. The molecule has 0 amide bonds. The molecule has 24 heavy (non-hydrogen) atoms. The van der Waals surface area contributed by atoms with E-state index in [2.05, 4.69) is 14.9 Å². The van der Waals surface area contributed by atoms with Crippen LogP contribution in [-0.2, 0) is 0 Å². The van der Waals surface area contributed by atoms with E-state index in [0.29, 0.717) is 38.5 Å². The SMILES string of the molecule is FC1(F)CCN(c2ccccc2)C[C@]12CCN(c1ncccn1)C2. The molecule has 0 bridgehead atoms. The highest BCUT2D eigenvalue weighted by Gasteiger charge is 2.59. The van der Waals surface area contributed by atoms with Crippen LogP contribution < -0.4 is 9.80 Å². The van der Waals surface area contributed by atoms with E-state index in [1.807, 2.05) is 35.2 Å². The molecule has 1 aromatic carbocycles. The number of nitrogens with zero attached hydrogens (tertiary/aromatic N) is 4. The van der Waals surface area contributed by atoms with Crippen LogP contribution in [0.4, 0.5) is 20.4 Å². The van der Waals surface area contributed by atoms with Gasteiger partial charge in [0, 0.05) is 50.7 Å². The average molecular weight is 330 g/mol. The van der Waals surface area contributed by atoms with Crippen LogP contribution in [0.3, 0.4) is 0 Å². The van der Waals surface area contributed by atoms with Gasteiger partial charge in [0.2, 0.25) is 5.95 Å².